The lowest BCUT2D eigenvalue weighted by atomic mass is 9.82. The standard InChI is InChI=1S/C18H22N2.C9H17N3/c1-15-2-6-17(7-3-15)18-8-4-16(5-9-18)14-20-12-10-19-11-13-20;10-6-7-12-8-9(11)4-2-1-3-5-9/h2-9,19H,10-14H2,1H3;12H,1-5,7-8,11H2. The molecule has 172 valence electrons. The largest absolute Gasteiger partial charge is 0.324 e. The lowest BCUT2D eigenvalue weighted by Crippen LogP contribution is -2.50. The second kappa shape index (κ2) is 12.7. The zero-order valence-corrected chi connectivity index (χ0v) is 19.6. The monoisotopic (exact) mass is 433 g/mol. The van der Waals surface area contributed by atoms with E-state index < -0.39 is 0 Å². The second-order valence-electron chi connectivity index (χ2n) is 9.27. The van der Waals surface area contributed by atoms with Crippen LogP contribution in [0.4, 0.5) is 0 Å². The van der Waals surface area contributed by atoms with Crippen LogP contribution in [0.25, 0.3) is 11.1 Å². The minimum absolute atomic E-state index is 0.0326. The minimum atomic E-state index is -0.0326. The molecule has 1 heterocycles. The Morgan fingerprint density at radius 1 is 0.969 bits per heavy atom. The highest BCUT2D eigenvalue weighted by molar-refractivity contribution is 5.63. The van der Waals surface area contributed by atoms with Gasteiger partial charge in [-0.1, -0.05) is 73.4 Å². The van der Waals surface area contributed by atoms with Crippen molar-refractivity contribution in [1.29, 1.82) is 5.26 Å². The van der Waals surface area contributed by atoms with E-state index in [9.17, 15) is 0 Å². The van der Waals surface area contributed by atoms with Crippen LogP contribution >= 0.6 is 0 Å². The maximum Gasteiger partial charge on any atom is 0.0841 e. The predicted octanol–water partition coefficient (Wildman–Crippen LogP) is 3.83. The SMILES string of the molecule is Cc1ccc(-c2ccc(CN3CCNCC3)cc2)cc1.N#CCNCC1(N)CCCCC1. The minimum Gasteiger partial charge on any atom is -0.324 e. The van der Waals surface area contributed by atoms with Gasteiger partial charge in [0.2, 0.25) is 0 Å². The molecule has 2 aromatic carbocycles. The van der Waals surface area contributed by atoms with Crippen molar-refractivity contribution in [1.82, 2.24) is 15.5 Å². The summed E-state index contributed by atoms with van der Waals surface area (Å²) in [4.78, 5) is 2.51. The molecule has 0 amide bonds. The number of nitrogens with zero attached hydrogens (tertiary/aromatic N) is 2. The summed E-state index contributed by atoms with van der Waals surface area (Å²) < 4.78 is 0. The fourth-order valence-corrected chi connectivity index (χ4v) is 4.48. The molecule has 0 aromatic heterocycles. The molecule has 5 heteroatoms. The Hall–Kier alpha value is -2.23. The van der Waals surface area contributed by atoms with Crippen molar-refractivity contribution in [3.05, 3.63) is 59.7 Å². The van der Waals surface area contributed by atoms with Gasteiger partial charge in [-0.05, 0) is 36.5 Å². The number of piperazine rings is 1. The fraction of sp³-hybridized carbons (Fsp3) is 0.519. The Morgan fingerprint density at radius 3 is 2.16 bits per heavy atom. The third-order valence-corrected chi connectivity index (χ3v) is 6.49. The zero-order chi connectivity index (χ0) is 22.7. The molecule has 2 aliphatic rings. The highest BCUT2D eigenvalue weighted by atomic mass is 15.2. The summed E-state index contributed by atoms with van der Waals surface area (Å²) in [5, 5.41) is 14.8. The average molecular weight is 434 g/mol. The molecule has 2 aromatic rings. The summed E-state index contributed by atoms with van der Waals surface area (Å²) in [6, 6.07) is 19.8. The van der Waals surface area contributed by atoms with E-state index >= 15 is 0 Å². The first-order valence-electron chi connectivity index (χ1n) is 12.0. The van der Waals surface area contributed by atoms with Crippen LogP contribution in [0.3, 0.4) is 0 Å². The third kappa shape index (κ3) is 8.03. The number of aryl methyl sites for hydroxylation is 1. The average Bonchev–Trinajstić information content (AvgIpc) is 2.82. The molecular formula is C27H39N5. The summed E-state index contributed by atoms with van der Waals surface area (Å²) in [5.74, 6) is 0. The Kier molecular flexibility index (Phi) is 9.70. The number of rotatable bonds is 6. The molecule has 4 rings (SSSR count). The number of hydrogen-bond acceptors (Lipinski definition) is 5. The molecule has 4 N–H and O–H groups in total. The highest BCUT2D eigenvalue weighted by Gasteiger charge is 2.26. The molecule has 0 atom stereocenters. The molecule has 0 spiro atoms. The van der Waals surface area contributed by atoms with E-state index in [0.29, 0.717) is 6.54 Å². The van der Waals surface area contributed by atoms with E-state index in [1.54, 1.807) is 0 Å². The van der Waals surface area contributed by atoms with Crippen LogP contribution < -0.4 is 16.4 Å². The van der Waals surface area contributed by atoms with E-state index in [-0.39, 0.29) is 5.54 Å². The molecule has 0 bridgehead atoms. The first-order chi connectivity index (χ1) is 15.6. The summed E-state index contributed by atoms with van der Waals surface area (Å²) in [7, 11) is 0. The molecule has 0 unspecified atom stereocenters. The van der Waals surface area contributed by atoms with Crippen LogP contribution in [-0.2, 0) is 6.54 Å². The van der Waals surface area contributed by atoms with Gasteiger partial charge in [0.05, 0.1) is 12.6 Å². The molecule has 1 saturated heterocycles. The van der Waals surface area contributed by atoms with E-state index in [1.165, 1.54) is 41.5 Å². The molecule has 5 nitrogen and oxygen atoms in total. The highest BCUT2D eigenvalue weighted by Crippen LogP contribution is 2.25. The van der Waals surface area contributed by atoms with Gasteiger partial charge in [0, 0.05) is 44.8 Å². The maximum atomic E-state index is 8.33. The quantitative estimate of drug-likeness (QED) is 0.477. The van der Waals surface area contributed by atoms with Gasteiger partial charge >= 0.3 is 0 Å². The van der Waals surface area contributed by atoms with Crippen LogP contribution in [0.5, 0.6) is 0 Å². The van der Waals surface area contributed by atoms with Gasteiger partial charge in [-0.25, -0.2) is 0 Å². The van der Waals surface area contributed by atoms with Gasteiger partial charge in [0.25, 0.3) is 0 Å². The fourth-order valence-electron chi connectivity index (χ4n) is 4.48. The molecule has 1 aliphatic carbocycles. The molecule has 0 radical (unpaired) electrons. The topological polar surface area (TPSA) is 77.1 Å². The van der Waals surface area contributed by atoms with Crippen LogP contribution in [0, 0.1) is 18.3 Å². The van der Waals surface area contributed by atoms with E-state index in [4.69, 9.17) is 11.0 Å². The first-order valence-corrected chi connectivity index (χ1v) is 12.0. The van der Waals surface area contributed by atoms with Crippen molar-refractivity contribution in [2.75, 3.05) is 39.3 Å². The van der Waals surface area contributed by atoms with E-state index in [1.807, 2.05) is 0 Å². The van der Waals surface area contributed by atoms with Gasteiger partial charge in [-0.3, -0.25) is 4.90 Å². The number of benzene rings is 2. The third-order valence-electron chi connectivity index (χ3n) is 6.49. The smallest absolute Gasteiger partial charge is 0.0841 e. The molecule has 1 aliphatic heterocycles. The van der Waals surface area contributed by atoms with Crippen LogP contribution in [-0.4, -0.2) is 49.7 Å². The Labute approximate surface area is 194 Å². The Bertz CT molecular complexity index is 826. The first kappa shape index (κ1) is 24.4. The molecular weight excluding hydrogens is 394 g/mol. The molecule has 32 heavy (non-hydrogen) atoms. The van der Waals surface area contributed by atoms with Crippen LogP contribution in [0.15, 0.2) is 48.5 Å². The second-order valence-corrected chi connectivity index (χ2v) is 9.27. The Balaban J connectivity index is 0.000000207. The van der Waals surface area contributed by atoms with E-state index in [0.717, 1.165) is 52.1 Å². The van der Waals surface area contributed by atoms with Crippen molar-refractivity contribution >= 4 is 0 Å². The lowest BCUT2D eigenvalue weighted by molar-refractivity contribution is 0.233. The van der Waals surface area contributed by atoms with Crippen molar-refractivity contribution in [2.45, 2.75) is 51.1 Å². The van der Waals surface area contributed by atoms with Crippen LogP contribution in [0.1, 0.15) is 43.2 Å². The van der Waals surface area contributed by atoms with Crippen molar-refractivity contribution < 1.29 is 0 Å². The van der Waals surface area contributed by atoms with Crippen molar-refractivity contribution in [3.8, 4) is 17.2 Å². The van der Waals surface area contributed by atoms with Gasteiger partial charge in [0.1, 0.15) is 0 Å². The van der Waals surface area contributed by atoms with Crippen molar-refractivity contribution in [2.24, 2.45) is 5.73 Å². The number of nitrogens with two attached hydrogens (primary N) is 1. The van der Waals surface area contributed by atoms with Gasteiger partial charge in [0.15, 0.2) is 0 Å². The number of hydrogen-bond donors (Lipinski definition) is 3. The predicted molar refractivity (Wildman–Crippen MR) is 133 cm³/mol. The zero-order valence-electron chi connectivity index (χ0n) is 19.6. The van der Waals surface area contributed by atoms with Crippen LogP contribution in [0.2, 0.25) is 0 Å². The maximum absolute atomic E-state index is 8.33. The number of nitrogens with one attached hydrogen (secondary N) is 2. The lowest BCUT2D eigenvalue weighted by Gasteiger charge is -2.33. The number of nitriles is 1. The van der Waals surface area contributed by atoms with Gasteiger partial charge < -0.3 is 16.4 Å². The Morgan fingerprint density at radius 2 is 1.56 bits per heavy atom. The van der Waals surface area contributed by atoms with E-state index in [2.05, 4.69) is 77.1 Å². The van der Waals surface area contributed by atoms with Gasteiger partial charge in [-0.2, -0.15) is 5.26 Å². The molecule has 1 saturated carbocycles. The summed E-state index contributed by atoms with van der Waals surface area (Å²) in [6.45, 7) is 8.93. The summed E-state index contributed by atoms with van der Waals surface area (Å²) >= 11 is 0. The summed E-state index contributed by atoms with van der Waals surface area (Å²) in [5.41, 5.74) is 11.4. The normalized spacial score (nSPS) is 18.3. The molecule has 2 fully saturated rings. The van der Waals surface area contributed by atoms with Crippen molar-refractivity contribution in [3.63, 3.8) is 0 Å². The summed E-state index contributed by atoms with van der Waals surface area (Å²) in [6.07, 6.45) is 6.00. The van der Waals surface area contributed by atoms with Gasteiger partial charge in [-0.15, -0.1) is 0 Å².